The smallest absolute Gasteiger partial charge is 0.339 e. The number of anilines is 1. The van der Waals surface area contributed by atoms with E-state index in [2.05, 4.69) is 25.2 Å². The van der Waals surface area contributed by atoms with Gasteiger partial charge < -0.3 is 10.1 Å². The van der Waals surface area contributed by atoms with Crippen LogP contribution in [-0.2, 0) is 9.53 Å². The Kier molecular flexibility index (Phi) is 5.47. The molecule has 1 aromatic carbocycles. The molecule has 1 heterocycles. The van der Waals surface area contributed by atoms with Crippen LogP contribution < -0.4 is 10.9 Å². The molecule has 2 aromatic rings. The number of esters is 1. The Balaban J connectivity index is 2.01. The van der Waals surface area contributed by atoms with Crippen molar-refractivity contribution in [3.05, 3.63) is 45.9 Å². The molecular weight excluding hydrogens is 320 g/mol. The molecule has 2 rings (SSSR count). The molecule has 23 heavy (non-hydrogen) atoms. The van der Waals surface area contributed by atoms with Gasteiger partial charge in [-0.05, 0) is 19.1 Å². The zero-order valence-corrected chi connectivity index (χ0v) is 13.3. The van der Waals surface area contributed by atoms with Gasteiger partial charge in [0.25, 0.3) is 5.56 Å². The average Bonchev–Trinajstić information content (AvgIpc) is 2.55. The van der Waals surface area contributed by atoms with Crippen molar-refractivity contribution in [3.63, 3.8) is 0 Å². The van der Waals surface area contributed by atoms with E-state index in [1.165, 1.54) is 14.0 Å². The van der Waals surface area contributed by atoms with Gasteiger partial charge in [0.15, 0.2) is 5.16 Å². The zero-order chi connectivity index (χ0) is 16.8. The first kappa shape index (κ1) is 16.7. The van der Waals surface area contributed by atoms with E-state index in [0.29, 0.717) is 5.69 Å². The normalized spacial score (nSPS) is 10.2. The Morgan fingerprint density at radius 2 is 2.04 bits per heavy atom. The molecule has 0 bridgehead atoms. The highest BCUT2D eigenvalue weighted by atomic mass is 32.2. The van der Waals surface area contributed by atoms with Crippen LogP contribution in [0.3, 0.4) is 0 Å². The molecule has 0 saturated carbocycles. The van der Waals surface area contributed by atoms with Gasteiger partial charge in [0.2, 0.25) is 5.91 Å². The van der Waals surface area contributed by atoms with Crippen molar-refractivity contribution in [2.45, 2.75) is 12.1 Å². The molecule has 8 nitrogen and oxygen atoms in total. The molecule has 1 aromatic heterocycles. The summed E-state index contributed by atoms with van der Waals surface area (Å²) in [5.41, 5.74) is 0.523. The predicted octanol–water partition coefficient (Wildman–Crippen LogP) is 0.991. The number of para-hydroxylation sites is 1. The fourth-order valence-electron chi connectivity index (χ4n) is 1.64. The number of rotatable bonds is 5. The lowest BCUT2D eigenvalue weighted by atomic mass is 10.2. The molecule has 0 aliphatic rings. The van der Waals surface area contributed by atoms with Crippen LogP contribution in [0.5, 0.6) is 0 Å². The van der Waals surface area contributed by atoms with Gasteiger partial charge >= 0.3 is 5.97 Å². The Hall–Kier alpha value is -2.68. The topological polar surface area (TPSA) is 114 Å². The standard InChI is InChI=1S/C14H14N4O4S/c1-8-12(20)16-14(18-17-8)23-7-11(19)15-10-6-4-3-5-9(10)13(21)22-2/h3-6H,7H2,1-2H3,(H,15,19)(H,16,18,20). The van der Waals surface area contributed by atoms with Gasteiger partial charge in [-0.15, -0.1) is 10.2 Å². The highest BCUT2D eigenvalue weighted by molar-refractivity contribution is 7.99. The Morgan fingerprint density at radius 3 is 2.74 bits per heavy atom. The van der Waals surface area contributed by atoms with Crippen molar-refractivity contribution >= 4 is 29.3 Å². The maximum absolute atomic E-state index is 12.0. The van der Waals surface area contributed by atoms with Crippen molar-refractivity contribution in [2.24, 2.45) is 0 Å². The number of aromatic nitrogens is 3. The quantitative estimate of drug-likeness (QED) is 0.619. The van der Waals surface area contributed by atoms with E-state index in [9.17, 15) is 14.4 Å². The number of carbonyl (C=O) groups is 2. The molecular formula is C14H14N4O4S. The van der Waals surface area contributed by atoms with Gasteiger partial charge in [0, 0.05) is 0 Å². The number of aromatic amines is 1. The summed E-state index contributed by atoms with van der Waals surface area (Å²) in [5, 5.41) is 10.3. The summed E-state index contributed by atoms with van der Waals surface area (Å²) in [5.74, 6) is -0.889. The van der Waals surface area contributed by atoms with Gasteiger partial charge in [-0.25, -0.2) is 4.79 Å². The number of amides is 1. The van der Waals surface area contributed by atoms with Crippen LogP contribution >= 0.6 is 11.8 Å². The highest BCUT2D eigenvalue weighted by Crippen LogP contribution is 2.17. The van der Waals surface area contributed by atoms with Crippen LogP contribution in [0.4, 0.5) is 5.69 Å². The lowest BCUT2D eigenvalue weighted by molar-refractivity contribution is -0.113. The molecule has 9 heteroatoms. The SMILES string of the molecule is COC(=O)c1ccccc1NC(=O)CSc1nnc(C)c(=O)[nH]1. The summed E-state index contributed by atoms with van der Waals surface area (Å²) in [4.78, 5) is 37.5. The maximum atomic E-state index is 12.0. The summed E-state index contributed by atoms with van der Waals surface area (Å²) in [6.07, 6.45) is 0. The Bertz CT molecular complexity index is 790. The minimum Gasteiger partial charge on any atom is -0.465 e. The summed E-state index contributed by atoms with van der Waals surface area (Å²) >= 11 is 1.03. The third kappa shape index (κ3) is 4.39. The van der Waals surface area contributed by atoms with E-state index in [4.69, 9.17) is 0 Å². The van der Waals surface area contributed by atoms with E-state index in [-0.39, 0.29) is 33.6 Å². The molecule has 0 aliphatic carbocycles. The first-order valence-corrected chi connectivity index (χ1v) is 7.53. The molecule has 0 atom stereocenters. The summed E-state index contributed by atoms with van der Waals surface area (Å²) < 4.78 is 4.66. The lowest BCUT2D eigenvalue weighted by Gasteiger charge is -2.09. The van der Waals surface area contributed by atoms with Crippen LogP contribution in [0.1, 0.15) is 16.1 Å². The van der Waals surface area contributed by atoms with E-state index >= 15 is 0 Å². The summed E-state index contributed by atoms with van der Waals surface area (Å²) in [7, 11) is 1.27. The third-order valence-electron chi connectivity index (χ3n) is 2.79. The van der Waals surface area contributed by atoms with Crippen LogP contribution in [0, 0.1) is 6.92 Å². The fourth-order valence-corrected chi connectivity index (χ4v) is 2.25. The van der Waals surface area contributed by atoms with E-state index in [1.807, 2.05) is 0 Å². The van der Waals surface area contributed by atoms with E-state index in [1.54, 1.807) is 24.3 Å². The molecule has 2 N–H and O–H groups in total. The van der Waals surface area contributed by atoms with Crippen LogP contribution in [0.25, 0.3) is 0 Å². The van der Waals surface area contributed by atoms with Crippen LogP contribution in [0.2, 0.25) is 0 Å². The van der Waals surface area contributed by atoms with E-state index < -0.39 is 5.97 Å². The van der Waals surface area contributed by atoms with Crippen LogP contribution in [-0.4, -0.2) is 39.9 Å². The second kappa shape index (κ2) is 7.54. The third-order valence-corrected chi connectivity index (χ3v) is 3.65. The molecule has 1 amide bonds. The average molecular weight is 334 g/mol. The minimum atomic E-state index is -0.540. The monoisotopic (exact) mass is 334 g/mol. The van der Waals surface area contributed by atoms with Gasteiger partial charge in [-0.2, -0.15) is 0 Å². The number of ether oxygens (including phenoxy) is 1. The molecule has 0 spiro atoms. The van der Waals surface area contributed by atoms with Gasteiger partial charge in [-0.3, -0.25) is 14.6 Å². The number of benzene rings is 1. The van der Waals surface area contributed by atoms with Crippen molar-refractivity contribution in [1.82, 2.24) is 15.2 Å². The van der Waals surface area contributed by atoms with Crippen molar-refractivity contribution < 1.29 is 14.3 Å². The molecule has 0 unspecified atom stereocenters. The zero-order valence-electron chi connectivity index (χ0n) is 12.5. The van der Waals surface area contributed by atoms with Crippen molar-refractivity contribution in [1.29, 1.82) is 0 Å². The van der Waals surface area contributed by atoms with Gasteiger partial charge in [0.1, 0.15) is 5.69 Å². The van der Waals surface area contributed by atoms with Crippen molar-refractivity contribution in [3.8, 4) is 0 Å². The Labute approximate surface area is 135 Å². The second-order valence-electron chi connectivity index (χ2n) is 4.42. The first-order chi connectivity index (χ1) is 11.0. The van der Waals surface area contributed by atoms with Crippen molar-refractivity contribution in [2.75, 3.05) is 18.2 Å². The number of hydrogen-bond donors (Lipinski definition) is 2. The highest BCUT2D eigenvalue weighted by Gasteiger charge is 2.13. The number of nitrogens with zero attached hydrogens (tertiary/aromatic N) is 2. The molecule has 0 radical (unpaired) electrons. The number of aryl methyl sites for hydroxylation is 1. The predicted molar refractivity (Wildman–Crippen MR) is 84.5 cm³/mol. The summed E-state index contributed by atoms with van der Waals surface area (Å²) in [6, 6.07) is 6.52. The second-order valence-corrected chi connectivity index (χ2v) is 5.38. The van der Waals surface area contributed by atoms with Crippen LogP contribution in [0.15, 0.2) is 34.2 Å². The largest absolute Gasteiger partial charge is 0.465 e. The number of thioether (sulfide) groups is 1. The van der Waals surface area contributed by atoms with E-state index in [0.717, 1.165) is 11.8 Å². The minimum absolute atomic E-state index is 0.00316. The number of nitrogens with one attached hydrogen (secondary N) is 2. The summed E-state index contributed by atoms with van der Waals surface area (Å²) in [6.45, 7) is 1.54. The molecule has 120 valence electrons. The molecule has 0 fully saturated rings. The Morgan fingerprint density at radius 1 is 1.30 bits per heavy atom. The maximum Gasteiger partial charge on any atom is 0.339 e. The van der Waals surface area contributed by atoms with Gasteiger partial charge in [-0.1, -0.05) is 23.9 Å². The number of H-pyrrole nitrogens is 1. The number of hydrogen-bond acceptors (Lipinski definition) is 7. The number of methoxy groups -OCH3 is 1. The number of carbonyl (C=O) groups excluding carboxylic acids is 2. The van der Waals surface area contributed by atoms with Gasteiger partial charge in [0.05, 0.1) is 24.1 Å². The molecule has 0 aliphatic heterocycles. The first-order valence-electron chi connectivity index (χ1n) is 6.55. The lowest BCUT2D eigenvalue weighted by Crippen LogP contribution is -2.18. The molecule has 0 saturated heterocycles. The fraction of sp³-hybridized carbons (Fsp3) is 0.214.